The van der Waals surface area contributed by atoms with Crippen LogP contribution in [0.1, 0.15) is 146 Å². The van der Waals surface area contributed by atoms with E-state index >= 15 is 0 Å². The van der Waals surface area contributed by atoms with Crippen LogP contribution in [-0.2, 0) is 21.7 Å². The molecule has 220 valence electrons. The van der Waals surface area contributed by atoms with Gasteiger partial charge < -0.3 is 10.2 Å². The predicted molar refractivity (Wildman–Crippen MR) is 172 cm³/mol. The predicted octanol–water partition coefficient (Wildman–Crippen LogP) is 11.3. The molecule has 2 N–H and O–H groups in total. The normalized spacial score (nSPS) is 14.2. The molecule has 0 saturated carbocycles. The Morgan fingerprint density at radius 2 is 0.769 bits per heavy atom. The van der Waals surface area contributed by atoms with Crippen molar-refractivity contribution >= 4 is 11.8 Å². The number of phenolic OH excluding ortho intramolecular Hbond substituents is 2. The molecule has 2 aromatic rings. The zero-order valence-electron chi connectivity index (χ0n) is 28.0. The van der Waals surface area contributed by atoms with Crippen molar-refractivity contribution < 1.29 is 10.2 Å². The van der Waals surface area contributed by atoms with Crippen LogP contribution in [0.2, 0.25) is 0 Å². The second-order valence-corrected chi connectivity index (χ2v) is 18.7. The lowest BCUT2D eigenvalue weighted by molar-refractivity contribution is 0.283. The molecule has 2 nitrogen and oxygen atoms in total. The zero-order chi connectivity index (χ0) is 30.6. The van der Waals surface area contributed by atoms with Gasteiger partial charge in [-0.3, -0.25) is 0 Å². The van der Waals surface area contributed by atoms with Crippen LogP contribution in [0.25, 0.3) is 0 Å². The van der Waals surface area contributed by atoms with Gasteiger partial charge in [0.2, 0.25) is 0 Å². The summed E-state index contributed by atoms with van der Waals surface area (Å²) < 4.78 is 0. The van der Waals surface area contributed by atoms with Gasteiger partial charge in [0.25, 0.3) is 0 Å². The first-order valence-corrected chi connectivity index (χ1v) is 15.4. The second-order valence-electron chi connectivity index (χ2n) is 17.6. The maximum absolute atomic E-state index is 11.6. The molecule has 0 fully saturated rings. The summed E-state index contributed by atoms with van der Waals surface area (Å²) in [6.45, 7) is 35.8. The van der Waals surface area contributed by atoms with Crippen LogP contribution in [0.5, 0.6) is 11.5 Å². The Kier molecular flexibility index (Phi) is 9.18. The number of rotatable bonds is 6. The van der Waals surface area contributed by atoms with E-state index in [1.807, 2.05) is 0 Å². The lowest BCUT2D eigenvalue weighted by Gasteiger charge is -2.35. The molecule has 0 atom stereocenters. The molecule has 0 aliphatic carbocycles. The summed E-state index contributed by atoms with van der Waals surface area (Å²) in [6, 6.07) is 8.72. The summed E-state index contributed by atoms with van der Waals surface area (Å²) in [7, 11) is 0. The molecule has 0 unspecified atom stereocenters. The minimum Gasteiger partial charge on any atom is -0.506 e. The third kappa shape index (κ3) is 8.69. The van der Waals surface area contributed by atoms with E-state index in [9.17, 15) is 10.2 Å². The van der Waals surface area contributed by atoms with Gasteiger partial charge >= 0.3 is 0 Å². The number of benzene rings is 2. The summed E-state index contributed by atoms with van der Waals surface area (Å²) in [4.78, 5) is 1.61. The molecule has 0 radical (unpaired) electrons. The Labute approximate surface area is 245 Å². The van der Waals surface area contributed by atoms with E-state index in [0.29, 0.717) is 11.5 Å². The molecule has 0 heterocycles. The first kappa shape index (κ1) is 33.6. The maximum Gasteiger partial charge on any atom is 0.133 e. The molecule has 0 amide bonds. The molecule has 39 heavy (non-hydrogen) atoms. The highest BCUT2D eigenvalue weighted by molar-refractivity contribution is 7.99. The van der Waals surface area contributed by atoms with Crippen molar-refractivity contribution in [3.63, 3.8) is 0 Å². The van der Waals surface area contributed by atoms with Crippen molar-refractivity contribution in [2.24, 2.45) is 10.8 Å². The Bertz CT molecular complexity index is 1080. The molecule has 0 bridgehead atoms. The summed E-state index contributed by atoms with van der Waals surface area (Å²) in [5, 5.41) is 23.2. The van der Waals surface area contributed by atoms with E-state index in [1.165, 1.54) is 22.9 Å². The molecule has 0 saturated heterocycles. The average molecular weight is 555 g/mol. The van der Waals surface area contributed by atoms with Gasteiger partial charge in [-0.1, -0.05) is 135 Å². The topological polar surface area (TPSA) is 40.5 Å². The first-order chi connectivity index (χ1) is 17.1. The number of phenols is 2. The monoisotopic (exact) mass is 554 g/mol. The fourth-order valence-corrected chi connectivity index (χ4v) is 7.29. The van der Waals surface area contributed by atoms with Gasteiger partial charge in [0.15, 0.2) is 0 Å². The number of hydrogen-bond donors (Lipinski definition) is 2. The Balaban J connectivity index is 2.83. The van der Waals surface area contributed by atoms with Gasteiger partial charge in [0.05, 0.1) is 9.79 Å². The molecule has 3 heteroatoms. The van der Waals surface area contributed by atoms with Crippen molar-refractivity contribution in [3.05, 3.63) is 46.5 Å². The first-order valence-electron chi connectivity index (χ1n) is 14.6. The molecule has 0 aliphatic rings. The van der Waals surface area contributed by atoms with Crippen molar-refractivity contribution in [1.82, 2.24) is 0 Å². The fraction of sp³-hybridized carbons (Fsp3) is 0.667. The van der Waals surface area contributed by atoms with Gasteiger partial charge in [0.1, 0.15) is 11.5 Å². The van der Waals surface area contributed by atoms with E-state index in [-0.39, 0.29) is 32.5 Å². The zero-order valence-corrected chi connectivity index (χ0v) is 28.8. The summed E-state index contributed by atoms with van der Waals surface area (Å²) in [6.07, 6.45) is 2.04. The Hall–Kier alpha value is -1.61. The van der Waals surface area contributed by atoms with Gasteiger partial charge in [0, 0.05) is 11.1 Å². The van der Waals surface area contributed by atoms with E-state index in [2.05, 4.69) is 135 Å². The fourth-order valence-electron chi connectivity index (χ4n) is 6.27. The third-order valence-electron chi connectivity index (χ3n) is 7.49. The summed E-state index contributed by atoms with van der Waals surface area (Å²) in [5.74, 6) is 0.637. The lowest BCUT2D eigenvalue weighted by Crippen LogP contribution is -2.26. The maximum atomic E-state index is 11.6. The SMILES string of the molecule is CC(C)(C)CC(C)(C)c1cc(Sc2cc(C(C)(C)CC(C)(C)C)cc(C(C)(C)C)c2O)c(O)c(C(C)(C)C)c1. The lowest BCUT2D eigenvalue weighted by atomic mass is 9.71. The molecule has 0 aliphatic heterocycles. The standard InChI is InChI=1S/C36H58O2S/c1-31(2,3)21-35(13,14)23-17-25(33(7,8)9)29(37)27(19-23)39-28-20-24(36(15,16)22-32(4,5)6)18-26(30(28)38)34(10,11)12/h17-20,37-38H,21-22H2,1-16H3. The van der Waals surface area contributed by atoms with Gasteiger partial charge in [-0.15, -0.1) is 0 Å². The smallest absolute Gasteiger partial charge is 0.133 e. The minimum atomic E-state index is -0.220. The molecule has 0 aromatic heterocycles. The van der Waals surface area contributed by atoms with Crippen molar-refractivity contribution in [2.75, 3.05) is 0 Å². The average Bonchev–Trinajstić information content (AvgIpc) is 2.65. The van der Waals surface area contributed by atoms with Crippen LogP contribution in [0, 0.1) is 10.8 Å². The van der Waals surface area contributed by atoms with Crippen LogP contribution in [-0.4, -0.2) is 10.2 Å². The summed E-state index contributed by atoms with van der Waals surface area (Å²) >= 11 is 1.50. The minimum absolute atomic E-state index is 0.0730. The van der Waals surface area contributed by atoms with Crippen molar-refractivity contribution in [3.8, 4) is 11.5 Å². The Morgan fingerprint density at radius 1 is 0.487 bits per heavy atom. The number of aromatic hydroxyl groups is 2. The molecular weight excluding hydrogens is 496 g/mol. The van der Waals surface area contributed by atoms with Gasteiger partial charge in [-0.2, -0.15) is 0 Å². The van der Waals surface area contributed by atoms with E-state index in [1.54, 1.807) is 0 Å². The van der Waals surface area contributed by atoms with Crippen molar-refractivity contribution in [2.45, 2.75) is 155 Å². The van der Waals surface area contributed by atoms with Gasteiger partial charge in [-0.25, -0.2) is 0 Å². The van der Waals surface area contributed by atoms with Crippen LogP contribution in [0.15, 0.2) is 34.1 Å². The van der Waals surface area contributed by atoms with Crippen LogP contribution in [0.4, 0.5) is 0 Å². The van der Waals surface area contributed by atoms with Crippen LogP contribution >= 0.6 is 11.8 Å². The van der Waals surface area contributed by atoms with Crippen LogP contribution < -0.4 is 0 Å². The highest BCUT2D eigenvalue weighted by atomic mass is 32.2. The molecule has 2 aromatic carbocycles. The third-order valence-corrected chi connectivity index (χ3v) is 8.56. The molecule has 2 rings (SSSR count). The van der Waals surface area contributed by atoms with E-state index < -0.39 is 0 Å². The highest BCUT2D eigenvalue weighted by Crippen LogP contribution is 2.50. The number of hydrogen-bond acceptors (Lipinski definition) is 3. The van der Waals surface area contributed by atoms with E-state index in [0.717, 1.165) is 33.8 Å². The Morgan fingerprint density at radius 3 is 1.00 bits per heavy atom. The second kappa shape index (κ2) is 10.7. The quantitative estimate of drug-likeness (QED) is 0.373. The van der Waals surface area contributed by atoms with Gasteiger partial charge in [-0.05, 0) is 68.6 Å². The molecule has 0 spiro atoms. The van der Waals surface area contributed by atoms with E-state index in [4.69, 9.17) is 0 Å². The highest BCUT2D eigenvalue weighted by Gasteiger charge is 2.33. The van der Waals surface area contributed by atoms with Crippen LogP contribution in [0.3, 0.4) is 0 Å². The summed E-state index contributed by atoms with van der Waals surface area (Å²) in [5.41, 5.74) is 4.10. The molecular formula is C36H58O2S. The van der Waals surface area contributed by atoms with Crippen molar-refractivity contribution in [1.29, 1.82) is 0 Å². The largest absolute Gasteiger partial charge is 0.506 e.